The number of sulfonamides is 1. The lowest BCUT2D eigenvalue weighted by molar-refractivity contribution is -0.134. The van der Waals surface area contributed by atoms with Crippen LogP contribution in [-0.2, 0) is 21.9 Å². The summed E-state index contributed by atoms with van der Waals surface area (Å²) in [5.41, 5.74) is -0.395. The molecule has 2 atom stereocenters. The van der Waals surface area contributed by atoms with Gasteiger partial charge in [0.1, 0.15) is 0 Å². The summed E-state index contributed by atoms with van der Waals surface area (Å²) in [7, 11) is 1.51. The minimum atomic E-state index is -3.66. The minimum absolute atomic E-state index is 0.0357. The van der Waals surface area contributed by atoms with E-state index in [9.17, 15) is 18.0 Å². The Morgan fingerprint density at radius 2 is 1.93 bits per heavy atom. The maximum Gasteiger partial charge on any atom is 0.319 e. The second-order valence-electron chi connectivity index (χ2n) is 8.76. The van der Waals surface area contributed by atoms with Crippen LogP contribution in [0.2, 0.25) is 0 Å². The predicted molar refractivity (Wildman–Crippen MR) is 109 cm³/mol. The number of amides is 3. The van der Waals surface area contributed by atoms with Crippen molar-refractivity contribution < 1.29 is 18.0 Å². The van der Waals surface area contributed by atoms with E-state index >= 15 is 0 Å². The molecule has 0 aliphatic carbocycles. The van der Waals surface area contributed by atoms with Crippen LogP contribution in [0.15, 0.2) is 17.6 Å². The van der Waals surface area contributed by atoms with Gasteiger partial charge in [0, 0.05) is 66.0 Å². The molecule has 10 nitrogen and oxygen atoms in total. The summed E-state index contributed by atoms with van der Waals surface area (Å²) in [5, 5.41) is 0.0530. The van der Waals surface area contributed by atoms with Gasteiger partial charge in [-0.2, -0.15) is 4.31 Å². The van der Waals surface area contributed by atoms with Gasteiger partial charge in [-0.15, -0.1) is 0 Å². The average Bonchev–Trinajstić information content (AvgIpc) is 3.39. The van der Waals surface area contributed by atoms with Crippen molar-refractivity contribution in [2.45, 2.75) is 30.3 Å². The highest BCUT2D eigenvalue weighted by Gasteiger charge is 2.62. The van der Waals surface area contributed by atoms with Crippen LogP contribution >= 0.6 is 0 Å². The fraction of sp³-hybridized carbons (Fsp3) is 0.737. The first-order valence-corrected chi connectivity index (χ1v) is 11.8. The van der Waals surface area contributed by atoms with Gasteiger partial charge in [-0.05, 0) is 19.8 Å². The molecular formula is C19H30N6O4S. The van der Waals surface area contributed by atoms with Crippen molar-refractivity contribution in [3.8, 4) is 0 Å². The molecule has 3 saturated heterocycles. The molecule has 1 spiro atoms. The lowest BCUT2D eigenvalue weighted by Crippen LogP contribution is -2.58. The molecule has 0 aromatic carbocycles. The monoisotopic (exact) mass is 438 g/mol. The number of likely N-dealkylation sites (tertiary alicyclic amines) is 2. The van der Waals surface area contributed by atoms with Gasteiger partial charge in [-0.25, -0.2) is 18.2 Å². The molecule has 0 unspecified atom stereocenters. The minimum Gasteiger partial charge on any atom is -0.339 e. The molecule has 166 valence electrons. The summed E-state index contributed by atoms with van der Waals surface area (Å²) in [6, 6.07) is -0.0782. The number of aromatic nitrogens is 2. The number of hydrogen-bond acceptors (Lipinski definition) is 5. The first-order valence-electron chi connectivity index (χ1n) is 10.4. The Labute approximate surface area is 177 Å². The third kappa shape index (κ3) is 3.01. The maximum absolute atomic E-state index is 13.2. The van der Waals surface area contributed by atoms with Gasteiger partial charge >= 0.3 is 6.03 Å². The number of rotatable bonds is 3. The normalized spacial score (nSPS) is 26.5. The van der Waals surface area contributed by atoms with Crippen LogP contribution in [0, 0.1) is 11.8 Å². The molecule has 11 heteroatoms. The summed E-state index contributed by atoms with van der Waals surface area (Å²) in [5.74, 6) is -0.0704. The Morgan fingerprint density at radius 3 is 2.47 bits per heavy atom. The topological polar surface area (TPSA) is 99.1 Å². The van der Waals surface area contributed by atoms with Gasteiger partial charge in [-0.3, -0.25) is 4.79 Å². The van der Waals surface area contributed by atoms with Crippen molar-refractivity contribution in [2.24, 2.45) is 18.9 Å². The van der Waals surface area contributed by atoms with E-state index in [0.717, 1.165) is 0 Å². The highest BCUT2D eigenvalue weighted by molar-refractivity contribution is 7.89. The van der Waals surface area contributed by atoms with Crippen molar-refractivity contribution in [3.63, 3.8) is 0 Å². The van der Waals surface area contributed by atoms with Crippen LogP contribution in [0.3, 0.4) is 0 Å². The Morgan fingerprint density at radius 1 is 1.27 bits per heavy atom. The van der Waals surface area contributed by atoms with Crippen molar-refractivity contribution in [1.82, 2.24) is 28.6 Å². The van der Waals surface area contributed by atoms with Crippen LogP contribution in [0.25, 0.3) is 0 Å². The van der Waals surface area contributed by atoms with Gasteiger partial charge in [0.15, 0.2) is 5.03 Å². The highest BCUT2D eigenvalue weighted by atomic mass is 32.2. The smallest absolute Gasteiger partial charge is 0.319 e. The first-order chi connectivity index (χ1) is 14.1. The lowest BCUT2D eigenvalue weighted by atomic mass is 9.75. The van der Waals surface area contributed by atoms with E-state index in [1.807, 2.05) is 11.8 Å². The number of nitrogens with zero attached hydrogens (tertiary/aromatic N) is 6. The van der Waals surface area contributed by atoms with Crippen molar-refractivity contribution >= 4 is 22.0 Å². The molecule has 4 rings (SSSR count). The van der Waals surface area contributed by atoms with E-state index in [4.69, 9.17) is 0 Å². The average molecular weight is 439 g/mol. The fourth-order valence-electron chi connectivity index (χ4n) is 5.54. The van der Waals surface area contributed by atoms with Gasteiger partial charge in [0.05, 0.1) is 17.8 Å². The van der Waals surface area contributed by atoms with Gasteiger partial charge in [-0.1, -0.05) is 0 Å². The summed E-state index contributed by atoms with van der Waals surface area (Å²) in [6.07, 6.45) is 4.13. The SMILES string of the molecule is CCN1C(=O)[C@H]2CN(C(=O)N(C)C)C[C@H]2C12CCN(S(=O)(=O)c1cn(C)cn1)CC2. The molecule has 1 aromatic heterocycles. The second-order valence-corrected chi connectivity index (χ2v) is 10.6. The van der Waals surface area contributed by atoms with E-state index < -0.39 is 15.6 Å². The summed E-state index contributed by atoms with van der Waals surface area (Å²) >= 11 is 0. The standard InChI is InChI=1S/C19H30N6O4S/c1-5-25-17(26)14-10-23(18(27)21(2)3)11-15(14)19(25)6-8-24(9-7-19)30(28,29)16-12-22(4)13-20-16/h12-15H,5-11H2,1-4H3/t14-,15+/m0/s1. The van der Waals surface area contributed by atoms with E-state index in [0.29, 0.717) is 45.6 Å². The van der Waals surface area contributed by atoms with Crippen LogP contribution in [0.1, 0.15) is 19.8 Å². The number of hydrogen-bond donors (Lipinski definition) is 0. The molecule has 3 aliphatic rings. The molecule has 3 amide bonds. The van der Waals surface area contributed by atoms with Crippen molar-refractivity contribution in [3.05, 3.63) is 12.5 Å². The Hall–Kier alpha value is -2.14. The second kappa shape index (κ2) is 7.23. The zero-order valence-electron chi connectivity index (χ0n) is 18.0. The Bertz CT molecular complexity index is 950. The zero-order chi connectivity index (χ0) is 21.8. The molecule has 3 fully saturated rings. The van der Waals surface area contributed by atoms with Gasteiger partial charge in [0.25, 0.3) is 10.0 Å². The molecule has 0 radical (unpaired) electrons. The van der Waals surface area contributed by atoms with Crippen LogP contribution in [0.4, 0.5) is 4.79 Å². The summed E-state index contributed by atoms with van der Waals surface area (Å²) < 4.78 is 29.0. The third-order valence-corrected chi connectivity index (χ3v) is 8.76. The van der Waals surface area contributed by atoms with E-state index in [1.54, 1.807) is 30.6 Å². The molecule has 1 aromatic rings. The summed E-state index contributed by atoms with van der Waals surface area (Å²) in [6.45, 7) is 4.23. The van der Waals surface area contributed by atoms with Crippen LogP contribution in [-0.4, -0.2) is 101 Å². The van der Waals surface area contributed by atoms with E-state index in [2.05, 4.69) is 4.98 Å². The largest absolute Gasteiger partial charge is 0.339 e. The van der Waals surface area contributed by atoms with Crippen molar-refractivity contribution in [2.75, 3.05) is 46.8 Å². The van der Waals surface area contributed by atoms with E-state index in [1.165, 1.54) is 21.7 Å². The maximum atomic E-state index is 13.2. The molecule has 3 aliphatic heterocycles. The van der Waals surface area contributed by atoms with Crippen LogP contribution < -0.4 is 0 Å². The quantitative estimate of drug-likeness (QED) is 0.663. The number of aryl methyl sites for hydroxylation is 1. The molecule has 0 N–H and O–H groups in total. The molecule has 0 bridgehead atoms. The molecular weight excluding hydrogens is 408 g/mol. The third-order valence-electron chi connectivity index (χ3n) is 6.97. The number of fused-ring (bicyclic) bond motifs is 2. The van der Waals surface area contributed by atoms with Gasteiger partial charge in [0.2, 0.25) is 5.91 Å². The molecule has 4 heterocycles. The zero-order valence-corrected chi connectivity index (χ0v) is 18.8. The number of carbonyl (C=O) groups excluding carboxylic acids is 2. The fourth-order valence-corrected chi connectivity index (χ4v) is 6.94. The van der Waals surface area contributed by atoms with Crippen molar-refractivity contribution in [1.29, 1.82) is 0 Å². The number of piperidine rings is 1. The lowest BCUT2D eigenvalue weighted by Gasteiger charge is -2.47. The van der Waals surface area contributed by atoms with E-state index in [-0.39, 0.29) is 28.8 Å². The first kappa shape index (κ1) is 21.1. The summed E-state index contributed by atoms with van der Waals surface area (Å²) in [4.78, 5) is 34.9. The van der Waals surface area contributed by atoms with Crippen LogP contribution in [0.5, 0.6) is 0 Å². The molecule has 0 saturated carbocycles. The number of imidazole rings is 1. The number of urea groups is 1. The molecule has 30 heavy (non-hydrogen) atoms. The Kier molecular flexibility index (Phi) is 5.08. The van der Waals surface area contributed by atoms with Gasteiger partial charge < -0.3 is 19.3 Å². The Balaban J connectivity index is 1.56. The highest BCUT2D eigenvalue weighted by Crippen LogP contribution is 2.50. The predicted octanol–water partition coefficient (Wildman–Crippen LogP) is 0.0351. The number of carbonyl (C=O) groups is 2.